The largest absolute Gasteiger partial charge is 0.490 e. The summed E-state index contributed by atoms with van der Waals surface area (Å²) in [6, 6.07) is 6.79. The van der Waals surface area contributed by atoms with Crippen molar-refractivity contribution >= 4 is 26.3 Å². The Kier molecular flexibility index (Phi) is 9.26. The quantitative estimate of drug-likeness (QED) is 0.279. The molecule has 13 heteroatoms. The molecule has 3 aromatic rings. The van der Waals surface area contributed by atoms with E-state index < -0.39 is 12.0 Å². The molecule has 1 N–H and O–H groups in total. The van der Waals surface area contributed by atoms with Crippen molar-refractivity contribution < 1.29 is 23.0 Å². The molecule has 3 fully saturated rings. The Bertz CT molecular complexity index is 1690. The van der Waals surface area contributed by atoms with Gasteiger partial charge < -0.3 is 29.5 Å². The first-order valence-corrected chi connectivity index (χ1v) is 17.8. The van der Waals surface area contributed by atoms with E-state index in [1.54, 1.807) is 23.2 Å². The first kappa shape index (κ1) is 34.0. The molecular formula is C36H46F2N7O3P. The van der Waals surface area contributed by atoms with Crippen LogP contribution in [0.2, 0.25) is 0 Å². The molecule has 1 aromatic carbocycles. The number of ether oxygens (including phenoxy) is 2. The molecule has 0 radical (unpaired) electrons. The average Bonchev–Trinajstić information content (AvgIpc) is 3.00. The SMILES string of the molecule is CC(C)N(C(=O)c1cc(P)ccc1Oc1cncnc1N1CC2(CC(Oc3ccnc4c3C(CCN(C)C)NCC4)C2)C1)C1CC(F)(F)C1. The number of amides is 1. The van der Waals surface area contributed by atoms with E-state index in [0.29, 0.717) is 22.9 Å². The van der Waals surface area contributed by atoms with Crippen LogP contribution in [0.3, 0.4) is 0 Å². The second-order valence-corrected chi connectivity index (χ2v) is 15.5. The summed E-state index contributed by atoms with van der Waals surface area (Å²) in [5.41, 5.74) is 2.82. The number of carbonyl (C=O) groups excluding carboxylic acids is 1. The highest BCUT2D eigenvalue weighted by molar-refractivity contribution is 7.27. The molecule has 0 bridgehead atoms. The molecule has 2 aliphatic heterocycles. The summed E-state index contributed by atoms with van der Waals surface area (Å²) in [5, 5.41) is 4.47. The summed E-state index contributed by atoms with van der Waals surface area (Å²) in [6.45, 7) is 7.25. The minimum absolute atomic E-state index is 0.143. The van der Waals surface area contributed by atoms with E-state index in [-0.39, 0.29) is 42.4 Å². The standard InChI is InChI=1S/C36H46F2N7O3P/c1-22(2)45(23-14-36(37,38)15-23)34(46)26-13-25(49)5-6-29(26)48-31-18-39-21-42-33(31)44-19-35(20-44)16-24(17-35)47-30-8-11-41-27-7-10-40-28(32(27)30)9-12-43(3)4/h5-6,8,11,13,18,21-24,28,40H,7,9-10,12,14-17,19-20,49H2,1-4H3. The topological polar surface area (TPSA) is 96.0 Å². The molecule has 2 aromatic heterocycles. The minimum atomic E-state index is -2.73. The lowest BCUT2D eigenvalue weighted by Gasteiger charge is -2.59. The molecule has 10 nitrogen and oxygen atoms in total. The Labute approximate surface area is 289 Å². The van der Waals surface area contributed by atoms with Gasteiger partial charge in [-0.3, -0.25) is 9.78 Å². The van der Waals surface area contributed by atoms with Gasteiger partial charge in [0.15, 0.2) is 11.6 Å². The molecule has 1 amide bonds. The van der Waals surface area contributed by atoms with Crippen LogP contribution >= 0.6 is 9.24 Å². The summed E-state index contributed by atoms with van der Waals surface area (Å²) in [6.07, 6.45) is 8.30. The van der Waals surface area contributed by atoms with Crippen LogP contribution in [0.15, 0.2) is 43.0 Å². The summed E-state index contributed by atoms with van der Waals surface area (Å²) < 4.78 is 40.6. The molecule has 7 rings (SSSR count). The van der Waals surface area contributed by atoms with Crippen LogP contribution in [0.4, 0.5) is 14.6 Å². The molecule has 2 atom stereocenters. The zero-order chi connectivity index (χ0) is 34.5. The molecule has 2 saturated carbocycles. The van der Waals surface area contributed by atoms with Gasteiger partial charge in [-0.15, -0.1) is 9.24 Å². The van der Waals surface area contributed by atoms with Gasteiger partial charge in [0.1, 0.15) is 23.9 Å². The lowest BCUT2D eigenvalue weighted by molar-refractivity contribution is -0.120. The van der Waals surface area contributed by atoms with E-state index in [4.69, 9.17) is 9.47 Å². The first-order valence-electron chi connectivity index (χ1n) is 17.3. The number of alkyl halides is 2. The van der Waals surface area contributed by atoms with Crippen molar-refractivity contribution in [3.05, 3.63) is 59.8 Å². The van der Waals surface area contributed by atoms with E-state index in [1.165, 1.54) is 11.9 Å². The fourth-order valence-corrected chi connectivity index (χ4v) is 8.20. The third-order valence-corrected chi connectivity index (χ3v) is 10.7. The van der Waals surface area contributed by atoms with Gasteiger partial charge in [-0.2, -0.15) is 0 Å². The maximum absolute atomic E-state index is 13.9. The van der Waals surface area contributed by atoms with Crippen LogP contribution in [0, 0.1) is 5.41 Å². The Hall–Kier alpha value is -3.47. The number of aromatic nitrogens is 3. The van der Waals surface area contributed by atoms with Crippen LogP contribution in [0.5, 0.6) is 17.2 Å². The second kappa shape index (κ2) is 13.3. The van der Waals surface area contributed by atoms with Gasteiger partial charge in [0.2, 0.25) is 0 Å². The minimum Gasteiger partial charge on any atom is -0.490 e. The summed E-state index contributed by atoms with van der Waals surface area (Å²) >= 11 is 0. The van der Waals surface area contributed by atoms with E-state index in [0.717, 1.165) is 68.6 Å². The number of pyridine rings is 1. The van der Waals surface area contributed by atoms with Gasteiger partial charge >= 0.3 is 0 Å². The third kappa shape index (κ3) is 6.97. The lowest BCUT2D eigenvalue weighted by atomic mass is 9.61. The molecule has 4 heterocycles. The van der Waals surface area contributed by atoms with E-state index in [2.05, 4.69) is 53.4 Å². The molecular weight excluding hydrogens is 647 g/mol. The number of halogens is 2. The molecule has 2 unspecified atom stereocenters. The number of hydrogen-bond donors (Lipinski definition) is 1. The van der Waals surface area contributed by atoms with Crippen molar-refractivity contribution in [3.63, 3.8) is 0 Å². The van der Waals surface area contributed by atoms with Crippen LogP contribution < -0.4 is 25.0 Å². The Balaban J connectivity index is 1.01. The fourth-order valence-electron chi connectivity index (χ4n) is 7.94. The average molecular weight is 694 g/mol. The smallest absolute Gasteiger partial charge is 0.258 e. The Morgan fingerprint density at radius 3 is 2.59 bits per heavy atom. The fraction of sp³-hybridized carbons (Fsp3) is 0.556. The van der Waals surface area contributed by atoms with Crippen LogP contribution in [0.25, 0.3) is 0 Å². The summed E-state index contributed by atoms with van der Waals surface area (Å²) in [7, 11) is 6.79. The number of benzene rings is 1. The van der Waals surface area contributed by atoms with Crippen LogP contribution in [-0.4, -0.2) is 95.0 Å². The van der Waals surface area contributed by atoms with Crippen molar-refractivity contribution in [2.45, 2.75) is 82.5 Å². The second-order valence-electron chi connectivity index (χ2n) is 14.8. The predicted molar refractivity (Wildman–Crippen MR) is 187 cm³/mol. The predicted octanol–water partition coefficient (Wildman–Crippen LogP) is 5.00. The van der Waals surface area contributed by atoms with Gasteiger partial charge in [-0.05, 0) is 77.3 Å². The van der Waals surface area contributed by atoms with Crippen LogP contribution in [0.1, 0.15) is 73.6 Å². The number of nitrogens with zero attached hydrogens (tertiary/aromatic N) is 6. The number of anilines is 1. The van der Waals surface area contributed by atoms with Crippen LogP contribution in [-0.2, 0) is 6.42 Å². The van der Waals surface area contributed by atoms with Crippen molar-refractivity contribution in [1.82, 2.24) is 30.1 Å². The van der Waals surface area contributed by atoms with E-state index >= 15 is 0 Å². The van der Waals surface area contributed by atoms with Gasteiger partial charge in [0.25, 0.3) is 11.8 Å². The van der Waals surface area contributed by atoms with Gasteiger partial charge in [-0.25, -0.2) is 18.7 Å². The number of hydrogen-bond acceptors (Lipinski definition) is 9. The number of carbonyl (C=O) groups is 1. The maximum Gasteiger partial charge on any atom is 0.258 e. The highest BCUT2D eigenvalue weighted by Gasteiger charge is 2.55. The van der Waals surface area contributed by atoms with Crippen molar-refractivity contribution in [1.29, 1.82) is 0 Å². The van der Waals surface area contributed by atoms with Crippen molar-refractivity contribution in [2.75, 3.05) is 45.2 Å². The monoisotopic (exact) mass is 693 g/mol. The van der Waals surface area contributed by atoms with E-state index in [1.807, 2.05) is 32.2 Å². The zero-order valence-corrected chi connectivity index (χ0v) is 29.8. The highest BCUT2D eigenvalue weighted by atomic mass is 31.0. The molecule has 49 heavy (non-hydrogen) atoms. The normalized spacial score (nSPS) is 21.2. The molecule has 2 aliphatic carbocycles. The molecule has 262 valence electrons. The number of nitrogens with one attached hydrogen (secondary N) is 1. The summed E-state index contributed by atoms with van der Waals surface area (Å²) in [5.74, 6) is -0.659. The van der Waals surface area contributed by atoms with E-state index in [9.17, 15) is 13.6 Å². The van der Waals surface area contributed by atoms with Crippen molar-refractivity contribution in [2.24, 2.45) is 5.41 Å². The Morgan fingerprint density at radius 1 is 1.10 bits per heavy atom. The highest BCUT2D eigenvalue weighted by Crippen LogP contribution is 2.52. The van der Waals surface area contributed by atoms with Gasteiger partial charge in [-0.1, -0.05) is 6.07 Å². The molecule has 1 saturated heterocycles. The van der Waals surface area contributed by atoms with Crippen molar-refractivity contribution in [3.8, 4) is 17.2 Å². The molecule has 4 aliphatic rings. The summed E-state index contributed by atoms with van der Waals surface area (Å²) in [4.78, 5) is 33.3. The lowest BCUT2D eigenvalue weighted by Crippen LogP contribution is -2.65. The first-order chi connectivity index (χ1) is 23.4. The Morgan fingerprint density at radius 2 is 1.88 bits per heavy atom. The molecule has 1 spiro atoms. The zero-order valence-electron chi connectivity index (χ0n) is 28.7. The number of rotatable bonds is 11. The third-order valence-electron chi connectivity index (χ3n) is 10.3. The number of fused-ring (bicyclic) bond motifs is 1. The maximum atomic E-state index is 13.9. The van der Waals surface area contributed by atoms with Gasteiger partial charge in [0, 0.05) is 74.2 Å². The van der Waals surface area contributed by atoms with Gasteiger partial charge in [0.05, 0.1) is 17.5 Å².